The minimum atomic E-state index is 0.0880. The maximum Gasteiger partial charge on any atom is 0.114 e. The monoisotopic (exact) mass is 114 g/mol. The fourth-order valence-electron chi connectivity index (χ4n) is 0.297. The molecule has 0 saturated carbocycles. The van der Waals surface area contributed by atoms with Gasteiger partial charge in [0.15, 0.2) is 0 Å². The lowest BCUT2D eigenvalue weighted by molar-refractivity contribution is 0.393. The standard InChI is InChI=1S/C6H10O2/c1-3-6(8)4-5(2)7/h3-4,7-8H,1-2H3/b5-4+,6-3-. The lowest BCUT2D eigenvalue weighted by Crippen LogP contribution is -1.75. The number of aliphatic hydroxyl groups is 2. The maximum atomic E-state index is 8.65. The molecule has 0 radical (unpaired) electrons. The first-order valence-electron chi connectivity index (χ1n) is 2.39. The summed E-state index contributed by atoms with van der Waals surface area (Å²) in [4.78, 5) is 0. The molecule has 46 valence electrons. The van der Waals surface area contributed by atoms with Gasteiger partial charge in [-0.2, -0.15) is 0 Å². The molecule has 2 nitrogen and oxygen atoms in total. The summed E-state index contributed by atoms with van der Waals surface area (Å²) in [7, 11) is 0. The van der Waals surface area contributed by atoms with Gasteiger partial charge in [0.25, 0.3) is 0 Å². The van der Waals surface area contributed by atoms with E-state index in [9.17, 15) is 0 Å². The molecule has 0 atom stereocenters. The number of aliphatic hydroxyl groups excluding tert-OH is 2. The molecule has 0 bridgehead atoms. The Morgan fingerprint density at radius 1 is 1.38 bits per heavy atom. The molecule has 0 aliphatic rings. The summed E-state index contributed by atoms with van der Waals surface area (Å²) in [5, 5.41) is 17.2. The second-order valence-electron chi connectivity index (χ2n) is 1.50. The lowest BCUT2D eigenvalue weighted by atomic mass is 10.4. The van der Waals surface area contributed by atoms with Gasteiger partial charge in [0.1, 0.15) is 5.76 Å². The SMILES string of the molecule is C/C=C(O)/C=C(\C)O. The summed E-state index contributed by atoms with van der Waals surface area (Å²) in [6, 6.07) is 0. The first-order valence-corrected chi connectivity index (χ1v) is 2.39. The Bertz CT molecular complexity index is 118. The fraction of sp³-hybridized carbons (Fsp3) is 0.333. The molecular weight excluding hydrogens is 104 g/mol. The highest BCUT2D eigenvalue weighted by Gasteiger charge is 1.82. The normalized spacial score (nSPS) is 14.2. The average molecular weight is 114 g/mol. The second kappa shape index (κ2) is 3.13. The Morgan fingerprint density at radius 3 is 2.00 bits per heavy atom. The summed E-state index contributed by atoms with van der Waals surface area (Å²) in [6.45, 7) is 3.19. The van der Waals surface area contributed by atoms with E-state index in [0.717, 1.165) is 0 Å². The second-order valence-corrected chi connectivity index (χ2v) is 1.50. The molecule has 0 aromatic rings. The number of rotatable bonds is 1. The van der Waals surface area contributed by atoms with E-state index in [-0.39, 0.29) is 11.5 Å². The molecule has 2 N–H and O–H groups in total. The average Bonchev–Trinajstić information content (AvgIpc) is 1.65. The van der Waals surface area contributed by atoms with Crippen molar-refractivity contribution in [3.8, 4) is 0 Å². The fourth-order valence-corrected chi connectivity index (χ4v) is 0.297. The Hall–Kier alpha value is -0.920. The van der Waals surface area contributed by atoms with Crippen molar-refractivity contribution < 1.29 is 10.2 Å². The van der Waals surface area contributed by atoms with Gasteiger partial charge < -0.3 is 10.2 Å². The zero-order valence-corrected chi connectivity index (χ0v) is 5.05. The van der Waals surface area contributed by atoms with Gasteiger partial charge in [0.2, 0.25) is 0 Å². The minimum Gasteiger partial charge on any atom is -0.512 e. The van der Waals surface area contributed by atoms with Gasteiger partial charge in [-0.3, -0.25) is 0 Å². The molecule has 0 spiro atoms. The Labute approximate surface area is 48.8 Å². The highest BCUT2D eigenvalue weighted by Crippen LogP contribution is 1.93. The molecule has 0 rings (SSSR count). The van der Waals surface area contributed by atoms with Gasteiger partial charge in [-0.1, -0.05) is 0 Å². The molecule has 0 aromatic carbocycles. The third-order valence-corrected chi connectivity index (χ3v) is 0.653. The summed E-state index contributed by atoms with van der Waals surface area (Å²) in [5.74, 6) is 0.200. The molecule has 0 fully saturated rings. The number of allylic oxidation sites excluding steroid dienone is 3. The summed E-state index contributed by atoms with van der Waals surface area (Å²) in [6.07, 6.45) is 2.78. The van der Waals surface area contributed by atoms with Gasteiger partial charge in [0.05, 0.1) is 5.76 Å². The van der Waals surface area contributed by atoms with Crippen LogP contribution in [-0.2, 0) is 0 Å². The first kappa shape index (κ1) is 7.08. The van der Waals surface area contributed by atoms with Crippen molar-refractivity contribution in [2.45, 2.75) is 13.8 Å². The van der Waals surface area contributed by atoms with E-state index in [1.807, 2.05) is 0 Å². The Kier molecular flexibility index (Phi) is 2.77. The van der Waals surface area contributed by atoms with Gasteiger partial charge in [-0.25, -0.2) is 0 Å². The van der Waals surface area contributed by atoms with Gasteiger partial charge in [-0.15, -0.1) is 0 Å². The molecule has 8 heavy (non-hydrogen) atoms. The predicted molar refractivity (Wildman–Crippen MR) is 32.8 cm³/mol. The molecule has 0 amide bonds. The molecule has 0 aliphatic heterocycles. The summed E-state index contributed by atoms with van der Waals surface area (Å²) < 4.78 is 0. The summed E-state index contributed by atoms with van der Waals surface area (Å²) >= 11 is 0. The smallest absolute Gasteiger partial charge is 0.114 e. The highest BCUT2D eigenvalue weighted by molar-refractivity contribution is 5.10. The van der Waals surface area contributed by atoms with Crippen LogP contribution in [0.4, 0.5) is 0 Å². The van der Waals surface area contributed by atoms with Crippen LogP contribution in [0.15, 0.2) is 23.7 Å². The predicted octanol–water partition coefficient (Wildman–Crippen LogP) is 1.91. The van der Waals surface area contributed by atoms with E-state index in [4.69, 9.17) is 10.2 Å². The molecular formula is C6H10O2. The van der Waals surface area contributed by atoms with Crippen molar-refractivity contribution in [1.29, 1.82) is 0 Å². The van der Waals surface area contributed by atoms with E-state index in [1.165, 1.54) is 19.1 Å². The minimum absolute atomic E-state index is 0.0880. The van der Waals surface area contributed by atoms with Crippen LogP contribution in [0.2, 0.25) is 0 Å². The number of hydrogen-bond acceptors (Lipinski definition) is 2. The topological polar surface area (TPSA) is 40.5 Å². The molecule has 0 aromatic heterocycles. The van der Waals surface area contributed by atoms with Crippen molar-refractivity contribution in [3.63, 3.8) is 0 Å². The quantitative estimate of drug-likeness (QED) is 0.404. The van der Waals surface area contributed by atoms with Crippen molar-refractivity contribution >= 4 is 0 Å². The maximum absolute atomic E-state index is 8.65. The van der Waals surface area contributed by atoms with Crippen molar-refractivity contribution in [2.24, 2.45) is 0 Å². The summed E-state index contributed by atoms with van der Waals surface area (Å²) in [5.41, 5.74) is 0. The van der Waals surface area contributed by atoms with Gasteiger partial charge in [0, 0.05) is 6.08 Å². The van der Waals surface area contributed by atoms with Crippen LogP contribution in [0.3, 0.4) is 0 Å². The largest absolute Gasteiger partial charge is 0.512 e. The third kappa shape index (κ3) is 3.28. The van der Waals surface area contributed by atoms with E-state index in [0.29, 0.717) is 0 Å². The Balaban J connectivity index is 3.89. The molecule has 0 heterocycles. The van der Waals surface area contributed by atoms with Crippen molar-refractivity contribution in [3.05, 3.63) is 23.7 Å². The number of hydrogen-bond donors (Lipinski definition) is 2. The van der Waals surface area contributed by atoms with Crippen LogP contribution in [0.5, 0.6) is 0 Å². The van der Waals surface area contributed by atoms with Crippen LogP contribution in [0.25, 0.3) is 0 Å². The van der Waals surface area contributed by atoms with E-state index >= 15 is 0 Å². The van der Waals surface area contributed by atoms with Crippen LogP contribution in [0.1, 0.15) is 13.8 Å². The Morgan fingerprint density at radius 2 is 1.88 bits per heavy atom. The molecule has 0 aliphatic carbocycles. The van der Waals surface area contributed by atoms with Crippen LogP contribution in [-0.4, -0.2) is 10.2 Å². The van der Waals surface area contributed by atoms with Crippen LogP contribution < -0.4 is 0 Å². The molecule has 0 saturated heterocycles. The van der Waals surface area contributed by atoms with Crippen LogP contribution in [0, 0.1) is 0 Å². The van der Waals surface area contributed by atoms with Crippen molar-refractivity contribution in [1.82, 2.24) is 0 Å². The van der Waals surface area contributed by atoms with E-state index in [2.05, 4.69) is 0 Å². The zero-order valence-electron chi connectivity index (χ0n) is 5.05. The van der Waals surface area contributed by atoms with Gasteiger partial charge >= 0.3 is 0 Å². The van der Waals surface area contributed by atoms with Crippen molar-refractivity contribution in [2.75, 3.05) is 0 Å². The third-order valence-electron chi connectivity index (χ3n) is 0.653. The van der Waals surface area contributed by atoms with E-state index < -0.39 is 0 Å². The van der Waals surface area contributed by atoms with Gasteiger partial charge in [-0.05, 0) is 19.9 Å². The zero-order chi connectivity index (χ0) is 6.57. The lowest BCUT2D eigenvalue weighted by Gasteiger charge is -1.87. The molecule has 0 unspecified atom stereocenters. The van der Waals surface area contributed by atoms with Crippen LogP contribution >= 0.6 is 0 Å². The first-order chi connectivity index (χ1) is 3.66. The molecule has 2 heteroatoms. The highest BCUT2D eigenvalue weighted by atomic mass is 16.3. The van der Waals surface area contributed by atoms with E-state index in [1.54, 1.807) is 6.92 Å².